The van der Waals surface area contributed by atoms with Gasteiger partial charge in [0, 0.05) is 23.8 Å². The number of nitrogens with zero attached hydrogens (tertiary/aromatic N) is 1. The number of pyridine rings is 1. The Balaban J connectivity index is 2.09. The van der Waals surface area contributed by atoms with Gasteiger partial charge in [-0.25, -0.2) is 0 Å². The molecule has 1 fully saturated rings. The van der Waals surface area contributed by atoms with Crippen molar-refractivity contribution in [1.82, 2.24) is 10.3 Å². The molecular formula is C10H11BrN2O3. The number of rotatable bonds is 4. The molecule has 5 nitrogen and oxygen atoms in total. The molecule has 2 N–H and O–H groups in total. The smallest absolute Gasteiger partial charge is 0.307 e. The highest BCUT2D eigenvalue weighted by Crippen LogP contribution is 2.26. The zero-order valence-corrected chi connectivity index (χ0v) is 10.0. The first-order valence-electron chi connectivity index (χ1n) is 4.82. The van der Waals surface area contributed by atoms with Crippen molar-refractivity contribution in [3.8, 4) is 5.75 Å². The summed E-state index contributed by atoms with van der Waals surface area (Å²) in [4.78, 5) is 14.7. The average Bonchev–Trinajstić information content (AvgIpc) is 2.13. The monoisotopic (exact) mass is 286 g/mol. The fourth-order valence-corrected chi connectivity index (χ4v) is 1.95. The van der Waals surface area contributed by atoms with Crippen molar-refractivity contribution in [3.63, 3.8) is 0 Å². The van der Waals surface area contributed by atoms with Gasteiger partial charge >= 0.3 is 5.97 Å². The highest BCUT2D eigenvalue weighted by Gasteiger charge is 2.41. The van der Waals surface area contributed by atoms with Crippen molar-refractivity contribution in [3.05, 3.63) is 22.9 Å². The number of ether oxygens (including phenoxy) is 1. The summed E-state index contributed by atoms with van der Waals surface area (Å²) in [5, 5.41) is 11.8. The van der Waals surface area contributed by atoms with Crippen LogP contribution in [-0.2, 0) is 4.79 Å². The number of nitrogens with one attached hydrogen (secondary N) is 1. The fraction of sp³-hybridized carbons (Fsp3) is 0.400. The van der Waals surface area contributed by atoms with Crippen molar-refractivity contribution in [2.75, 3.05) is 13.1 Å². The van der Waals surface area contributed by atoms with E-state index in [0.29, 0.717) is 18.8 Å². The molecule has 0 radical (unpaired) electrons. The molecule has 1 aromatic heterocycles. The molecule has 1 saturated heterocycles. The zero-order chi connectivity index (χ0) is 11.6. The summed E-state index contributed by atoms with van der Waals surface area (Å²) in [6, 6.07) is 1.77. The van der Waals surface area contributed by atoms with Crippen molar-refractivity contribution in [2.24, 2.45) is 0 Å². The van der Waals surface area contributed by atoms with Gasteiger partial charge in [-0.2, -0.15) is 0 Å². The van der Waals surface area contributed by atoms with Crippen LogP contribution < -0.4 is 10.1 Å². The third-order valence-electron chi connectivity index (χ3n) is 2.38. The highest BCUT2D eigenvalue weighted by molar-refractivity contribution is 9.10. The molecular weight excluding hydrogens is 276 g/mol. The van der Waals surface area contributed by atoms with Gasteiger partial charge in [0.25, 0.3) is 0 Å². The first-order chi connectivity index (χ1) is 7.60. The maximum Gasteiger partial charge on any atom is 0.307 e. The van der Waals surface area contributed by atoms with Gasteiger partial charge in [-0.3, -0.25) is 9.78 Å². The Morgan fingerprint density at radius 2 is 2.38 bits per heavy atom. The largest absolute Gasteiger partial charge is 0.482 e. The van der Waals surface area contributed by atoms with Crippen LogP contribution in [0.3, 0.4) is 0 Å². The van der Waals surface area contributed by atoms with E-state index in [1.165, 1.54) is 0 Å². The molecule has 16 heavy (non-hydrogen) atoms. The van der Waals surface area contributed by atoms with E-state index in [1.807, 2.05) is 0 Å². The molecule has 0 aliphatic carbocycles. The Morgan fingerprint density at radius 1 is 1.62 bits per heavy atom. The van der Waals surface area contributed by atoms with Crippen molar-refractivity contribution < 1.29 is 14.6 Å². The van der Waals surface area contributed by atoms with Crippen LogP contribution in [0.4, 0.5) is 0 Å². The lowest BCUT2D eigenvalue weighted by Gasteiger charge is -2.41. The molecule has 0 saturated carbocycles. The van der Waals surface area contributed by atoms with E-state index in [-0.39, 0.29) is 6.42 Å². The Labute approximate surface area is 101 Å². The molecule has 0 spiro atoms. The number of carboxylic acids is 1. The second-order valence-electron chi connectivity index (χ2n) is 3.80. The maximum atomic E-state index is 10.7. The Kier molecular flexibility index (Phi) is 3.11. The summed E-state index contributed by atoms with van der Waals surface area (Å²) < 4.78 is 6.50. The maximum absolute atomic E-state index is 10.7. The standard InChI is InChI=1S/C10H11BrN2O3/c11-7-1-8(4-12-3-7)16-10(2-9(14)15)5-13-6-10/h1,3-4,13H,2,5-6H2,(H,14,15). The minimum Gasteiger partial charge on any atom is -0.482 e. The predicted octanol–water partition coefficient (Wildman–Crippen LogP) is 1.04. The van der Waals surface area contributed by atoms with E-state index in [0.717, 1.165) is 4.47 Å². The summed E-state index contributed by atoms with van der Waals surface area (Å²) in [7, 11) is 0. The van der Waals surface area contributed by atoms with Crippen LogP contribution in [0.25, 0.3) is 0 Å². The minimum atomic E-state index is -0.857. The third kappa shape index (κ3) is 2.51. The first kappa shape index (κ1) is 11.3. The molecule has 0 bridgehead atoms. The van der Waals surface area contributed by atoms with E-state index in [9.17, 15) is 4.79 Å². The van der Waals surface area contributed by atoms with Crippen LogP contribution in [-0.4, -0.2) is 34.8 Å². The van der Waals surface area contributed by atoms with Crippen molar-refractivity contribution >= 4 is 21.9 Å². The van der Waals surface area contributed by atoms with E-state index >= 15 is 0 Å². The Hall–Kier alpha value is -1.14. The lowest BCUT2D eigenvalue weighted by atomic mass is 9.92. The van der Waals surface area contributed by atoms with Crippen LogP contribution in [0.5, 0.6) is 5.75 Å². The van der Waals surface area contributed by atoms with Gasteiger partial charge in [0.1, 0.15) is 11.4 Å². The lowest BCUT2D eigenvalue weighted by Crippen LogP contribution is -2.64. The molecule has 0 atom stereocenters. The molecule has 0 unspecified atom stereocenters. The Bertz CT molecular complexity index is 407. The molecule has 2 rings (SSSR count). The summed E-state index contributed by atoms with van der Waals surface area (Å²) in [6.07, 6.45) is 3.22. The summed E-state index contributed by atoms with van der Waals surface area (Å²) >= 11 is 3.29. The van der Waals surface area contributed by atoms with E-state index in [2.05, 4.69) is 26.2 Å². The highest BCUT2D eigenvalue weighted by atomic mass is 79.9. The normalized spacial score (nSPS) is 17.6. The summed E-state index contributed by atoms with van der Waals surface area (Å²) in [6.45, 7) is 1.09. The quantitative estimate of drug-likeness (QED) is 0.865. The predicted molar refractivity (Wildman–Crippen MR) is 60.4 cm³/mol. The van der Waals surface area contributed by atoms with E-state index in [1.54, 1.807) is 18.5 Å². The molecule has 86 valence electrons. The molecule has 0 amide bonds. The number of carbonyl (C=O) groups is 1. The first-order valence-corrected chi connectivity index (χ1v) is 5.61. The second kappa shape index (κ2) is 4.39. The fourth-order valence-electron chi connectivity index (χ4n) is 1.61. The van der Waals surface area contributed by atoms with Crippen LogP contribution in [0.1, 0.15) is 6.42 Å². The number of aromatic nitrogens is 1. The average molecular weight is 287 g/mol. The zero-order valence-electron chi connectivity index (χ0n) is 8.44. The SMILES string of the molecule is O=C(O)CC1(Oc2cncc(Br)c2)CNC1. The number of halogens is 1. The number of aliphatic carboxylic acids is 1. The van der Waals surface area contributed by atoms with Crippen LogP contribution in [0.2, 0.25) is 0 Å². The molecule has 1 aromatic rings. The molecule has 0 aromatic carbocycles. The van der Waals surface area contributed by atoms with Gasteiger partial charge in [-0.05, 0) is 22.0 Å². The van der Waals surface area contributed by atoms with Gasteiger partial charge in [0.15, 0.2) is 0 Å². The van der Waals surface area contributed by atoms with Gasteiger partial charge in [0.2, 0.25) is 0 Å². The molecule has 2 heterocycles. The number of carboxylic acid groups (broad SMARTS) is 1. The second-order valence-corrected chi connectivity index (χ2v) is 4.71. The van der Waals surface area contributed by atoms with Gasteiger partial charge < -0.3 is 15.2 Å². The molecule has 1 aliphatic rings. The van der Waals surface area contributed by atoms with Crippen LogP contribution >= 0.6 is 15.9 Å². The van der Waals surface area contributed by atoms with Gasteiger partial charge in [0.05, 0.1) is 12.6 Å². The Morgan fingerprint density at radius 3 is 2.88 bits per heavy atom. The summed E-state index contributed by atoms with van der Waals surface area (Å²) in [5.74, 6) is -0.276. The number of hydrogen-bond acceptors (Lipinski definition) is 4. The van der Waals surface area contributed by atoms with Crippen LogP contribution in [0.15, 0.2) is 22.9 Å². The molecule has 1 aliphatic heterocycles. The molecule has 6 heteroatoms. The lowest BCUT2D eigenvalue weighted by molar-refractivity contribution is -0.143. The van der Waals surface area contributed by atoms with Crippen LogP contribution in [0, 0.1) is 0 Å². The van der Waals surface area contributed by atoms with Gasteiger partial charge in [-0.15, -0.1) is 0 Å². The van der Waals surface area contributed by atoms with Crippen molar-refractivity contribution in [1.29, 1.82) is 0 Å². The summed E-state index contributed by atoms with van der Waals surface area (Å²) in [5.41, 5.74) is -0.631. The number of hydrogen-bond donors (Lipinski definition) is 2. The van der Waals surface area contributed by atoms with Crippen molar-refractivity contribution in [2.45, 2.75) is 12.0 Å². The minimum absolute atomic E-state index is 0.00743. The van der Waals surface area contributed by atoms with E-state index < -0.39 is 11.6 Å². The van der Waals surface area contributed by atoms with E-state index in [4.69, 9.17) is 9.84 Å². The third-order valence-corrected chi connectivity index (χ3v) is 2.82. The van der Waals surface area contributed by atoms with Gasteiger partial charge in [-0.1, -0.05) is 0 Å². The topological polar surface area (TPSA) is 71.5 Å².